The smallest absolute Gasteiger partial charge is 0.236 e. The van der Waals surface area contributed by atoms with E-state index in [0.717, 1.165) is 13.1 Å². The van der Waals surface area contributed by atoms with Crippen LogP contribution in [0.2, 0.25) is 19.6 Å². The first kappa shape index (κ1) is 15.9. The van der Waals surface area contributed by atoms with Gasteiger partial charge in [-0.05, 0) is 12.5 Å². The van der Waals surface area contributed by atoms with Crippen LogP contribution in [-0.4, -0.2) is 39.0 Å². The summed E-state index contributed by atoms with van der Waals surface area (Å²) in [7, 11) is 0.620. The largest absolute Gasteiger partial charge is 0.345 e. The molecule has 0 saturated heterocycles. The van der Waals surface area contributed by atoms with Crippen LogP contribution in [0, 0.1) is 0 Å². The molecule has 1 aromatic rings. The van der Waals surface area contributed by atoms with E-state index in [2.05, 4.69) is 49.2 Å². The quantitative estimate of drug-likeness (QED) is 0.805. The molecule has 1 amide bonds. The predicted octanol–water partition coefficient (Wildman–Crippen LogP) is 1.80. The van der Waals surface area contributed by atoms with Crippen molar-refractivity contribution in [2.24, 2.45) is 0 Å². The molecular formula is C15H26N2OSi. The number of amides is 1. The van der Waals surface area contributed by atoms with Gasteiger partial charge in [0.15, 0.2) is 0 Å². The lowest BCUT2D eigenvalue weighted by Crippen LogP contribution is -2.37. The van der Waals surface area contributed by atoms with E-state index in [4.69, 9.17) is 0 Å². The van der Waals surface area contributed by atoms with E-state index in [1.54, 1.807) is 4.90 Å². The van der Waals surface area contributed by atoms with E-state index < -0.39 is 8.07 Å². The summed E-state index contributed by atoms with van der Waals surface area (Å²) in [6.07, 6.45) is 0. The van der Waals surface area contributed by atoms with Crippen molar-refractivity contribution in [1.82, 2.24) is 10.2 Å². The number of benzene rings is 1. The summed E-state index contributed by atoms with van der Waals surface area (Å²) >= 11 is 0. The first-order valence-corrected chi connectivity index (χ1v) is 10.4. The maximum atomic E-state index is 11.6. The molecule has 0 aliphatic rings. The number of hydrogen-bond donors (Lipinski definition) is 1. The average molecular weight is 278 g/mol. The topological polar surface area (TPSA) is 32.3 Å². The first-order chi connectivity index (χ1) is 8.84. The van der Waals surface area contributed by atoms with E-state index in [0.29, 0.717) is 6.54 Å². The predicted molar refractivity (Wildman–Crippen MR) is 84.4 cm³/mol. The minimum Gasteiger partial charge on any atom is -0.345 e. The molecule has 0 aliphatic carbocycles. The Bertz CT molecular complexity index is 409. The molecule has 3 nitrogen and oxygen atoms in total. The van der Waals surface area contributed by atoms with Crippen LogP contribution in [0.25, 0.3) is 0 Å². The Morgan fingerprint density at radius 1 is 1.21 bits per heavy atom. The molecule has 106 valence electrons. The highest BCUT2D eigenvalue weighted by atomic mass is 28.3. The van der Waals surface area contributed by atoms with Gasteiger partial charge >= 0.3 is 0 Å². The van der Waals surface area contributed by atoms with E-state index in [9.17, 15) is 4.79 Å². The molecule has 0 fully saturated rings. The Kier molecular flexibility index (Phi) is 5.75. The van der Waals surface area contributed by atoms with E-state index in [1.165, 1.54) is 10.8 Å². The van der Waals surface area contributed by atoms with Gasteiger partial charge in [-0.3, -0.25) is 4.79 Å². The molecule has 0 aromatic heterocycles. The molecule has 0 aliphatic heterocycles. The maximum Gasteiger partial charge on any atom is 0.236 e. The van der Waals surface area contributed by atoms with Crippen LogP contribution in [-0.2, 0) is 11.3 Å². The third kappa shape index (κ3) is 5.16. The van der Waals surface area contributed by atoms with Gasteiger partial charge in [0.25, 0.3) is 0 Å². The molecule has 4 heteroatoms. The highest BCUT2D eigenvalue weighted by Crippen LogP contribution is 2.04. The van der Waals surface area contributed by atoms with Crippen LogP contribution >= 0.6 is 0 Å². The van der Waals surface area contributed by atoms with Crippen molar-refractivity contribution >= 4 is 19.2 Å². The molecule has 1 N–H and O–H groups in total. The van der Waals surface area contributed by atoms with Crippen molar-refractivity contribution in [2.45, 2.75) is 33.1 Å². The Morgan fingerprint density at radius 2 is 1.79 bits per heavy atom. The van der Waals surface area contributed by atoms with Crippen LogP contribution in [0.1, 0.15) is 12.5 Å². The second kappa shape index (κ2) is 6.87. The van der Waals surface area contributed by atoms with Gasteiger partial charge in [0.1, 0.15) is 0 Å². The number of carbonyl (C=O) groups excluding carboxylic acids is 1. The van der Waals surface area contributed by atoms with Gasteiger partial charge in [0.05, 0.1) is 14.6 Å². The summed E-state index contributed by atoms with van der Waals surface area (Å²) in [5, 5.41) is 4.67. The zero-order valence-electron chi connectivity index (χ0n) is 12.8. The lowest BCUT2D eigenvalue weighted by atomic mass is 10.2. The van der Waals surface area contributed by atoms with Gasteiger partial charge in [0.2, 0.25) is 5.91 Å². The average Bonchev–Trinajstić information content (AvgIpc) is 2.37. The van der Waals surface area contributed by atoms with Gasteiger partial charge in [0, 0.05) is 20.1 Å². The Balaban J connectivity index is 2.45. The van der Waals surface area contributed by atoms with Crippen molar-refractivity contribution in [1.29, 1.82) is 0 Å². The fourth-order valence-electron chi connectivity index (χ4n) is 1.75. The van der Waals surface area contributed by atoms with Crippen LogP contribution < -0.4 is 10.5 Å². The van der Waals surface area contributed by atoms with Crippen LogP contribution in [0.5, 0.6) is 0 Å². The molecular weight excluding hydrogens is 252 g/mol. The zero-order valence-corrected chi connectivity index (χ0v) is 13.8. The molecule has 19 heavy (non-hydrogen) atoms. The molecule has 0 spiro atoms. The molecule has 1 rings (SSSR count). The number of carbonyl (C=O) groups is 1. The third-order valence-corrected chi connectivity index (χ3v) is 5.39. The van der Waals surface area contributed by atoms with Gasteiger partial charge < -0.3 is 10.2 Å². The summed E-state index contributed by atoms with van der Waals surface area (Å²) in [6.45, 7) is 10.9. The first-order valence-electron chi connectivity index (χ1n) is 6.88. The Labute approximate surface area is 118 Å². The number of hydrogen-bond acceptors (Lipinski definition) is 2. The van der Waals surface area contributed by atoms with Crippen LogP contribution in [0.4, 0.5) is 0 Å². The van der Waals surface area contributed by atoms with E-state index >= 15 is 0 Å². The fourth-order valence-corrected chi connectivity index (χ4v) is 2.91. The molecule has 0 heterocycles. The number of likely N-dealkylation sites (N-methyl/N-ethyl adjacent to an activating group) is 1. The normalized spacial score (nSPS) is 11.4. The maximum absolute atomic E-state index is 11.6. The fraction of sp³-hybridized carbons (Fsp3) is 0.533. The second-order valence-electron chi connectivity index (χ2n) is 5.96. The standard InChI is InChI=1S/C15H26N2OSi/c1-6-17(2)15(18)12-16-11-13-7-9-14(10-8-13)19(3,4)5/h7-10,16H,6,11-12H2,1-5H3. The minimum absolute atomic E-state index is 0.140. The van der Waals surface area contributed by atoms with Gasteiger partial charge in [-0.2, -0.15) is 0 Å². The third-order valence-electron chi connectivity index (χ3n) is 3.33. The summed E-state index contributed by atoms with van der Waals surface area (Å²) in [5.74, 6) is 0.140. The van der Waals surface area contributed by atoms with E-state index in [1.807, 2.05) is 14.0 Å². The lowest BCUT2D eigenvalue weighted by Gasteiger charge is -2.17. The van der Waals surface area contributed by atoms with Crippen molar-refractivity contribution in [3.05, 3.63) is 29.8 Å². The molecule has 0 unspecified atom stereocenters. The molecule has 0 bridgehead atoms. The summed E-state index contributed by atoms with van der Waals surface area (Å²) in [6, 6.07) is 8.77. The van der Waals surface area contributed by atoms with Gasteiger partial charge in [-0.15, -0.1) is 0 Å². The van der Waals surface area contributed by atoms with Gasteiger partial charge in [-0.25, -0.2) is 0 Å². The SMILES string of the molecule is CCN(C)C(=O)CNCc1ccc([Si](C)(C)C)cc1. The minimum atomic E-state index is -1.21. The summed E-state index contributed by atoms with van der Waals surface area (Å²) < 4.78 is 0. The summed E-state index contributed by atoms with van der Waals surface area (Å²) in [5.41, 5.74) is 1.23. The van der Waals surface area contributed by atoms with Gasteiger partial charge in [-0.1, -0.05) is 49.1 Å². The monoisotopic (exact) mass is 278 g/mol. The van der Waals surface area contributed by atoms with Crippen molar-refractivity contribution in [3.63, 3.8) is 0 Å². The summed E-state index contributed by atoms with van der Waals surface area (Å²) in [4.78, 5) is 13.3. The Morgan fingerprint density at radius 3 is 2.26 bits per heavy atom. The Hall–Kier alpha value is -1.13. The van der Waals surface area contributed by atoms with Crippen molar-refractivity contribution in [2.75, 3.05) is 20.1 Å². The zero-order chi connectivity index (χ0) is 14.5. The number of nitrogens with one attached hydrogen (secondary N) is 1. The number of nitrogens with zero attached hydrogens (tertiary/aromatic N) is 1. The van der Waals surface area contributed by atoms with Crippen LogP contribution in [0.15, 0.2) is 24.3 Å². The molecule has 0 atom stereocenters. The highest BCUT2D eigenvalue weighted by molar-refractivity contribution is 6.88. The molecule has 0 saturated carbocycles. The molecule has 1 aromatic carbocycles. The second-order valence-corrected chi connectivity index (χ2v) is 11.0. The molecule has 0 radical (unpaired) electrons. The van der Waals surface area contributed by atoms with Crippen LogP contribution in [0.3, 0.4) is 0 Å². The van der Waals surface area contributed by atoms with Crippen molar-refractivity contribution in [3.8, 4) is 0 Å². The highest BCUT2D eigenvalue weighted by Gasteiger charge is 2.15. The number of rotatable bonds is 6. The van der Waals surface area contributed by atoms with Crippen molar-refractivity contribution < 1.29 is 4.79 Å². The lowest BCUT2D eigenvalue weighted by molar-refractivity contribution is -0.128. The van der Waals surface area contributed by atoms with E-state index in [-0.39, 0.29) is 5.91 Å².